The van der Waals surface area contributed by atoms with Crippen LogP contribution in [0.2, 0.25) is 0 Å². The Morgan fingerprint density at radius 3 is 2.55 bits per heavy atom. The van der Waals surface area contributed by atoms with Crippen molar-refractivity contribution in [2.24, 2.45) is 18.1 Å². The maximum atomic E-state index is 15.0. The minimum absolute atomic E-state index is 0.118. The van der Waals surface area contributed by atoms with E-state index in [1.165, 1.54) is 17.5 Å². The normalized spacial score (nSPS) is 13.5. The highest BCUT2D eigenvalue weighted by molar-refractivity contribution is 7.89. The minimum Gasteiger partial charge on any atom is -0.476 e. The Labute approximate surface area is 243 Å². The van der Waals surface area contributed by atoms with Crippen molar-refractivity contribution in [3.63, 3.8) is 0 Å². The molecule has 6 rings (SSSR count). The number of benzene rings is 2. The fourth-order valence-corrected chi connectivity index (χ4v) is 6.23. The van der Waals surface area contributed by atoms with Gasteiger partial charge in [0.25, 0.3) is 0 Å². The molecule has 3 N–H and O–H groups in total. The highest BCUT2D eigenvalue weighted by Gasteiger charge is 2.30. The summed E-state index contributed by atoms with van der Waals surface area (Å²) in [4.78, 5) is 15.2. The number of primary sulfonamides is 1. The van der Waals surface area contributed by atoms with Gasteiger partial charge in [-0.1, -0.05) is 6.07 Å². The van der Waals surface area contributed by atoms with Crippen molar-refractivity contribution in [3.05, 3.63) is 88.3 Å². The summed E-state index contributed by atoms with van der Waals surface area (Å²) in [5.41, 5.74) is 3.78. The average molecular weight is 611 g/mol. The quantitative estimate of drug-likeness (QED) is 0.249. The standard InChI is InChI=1S/C28H24F2N6O4S2/c1-35-13-18(12-32-35)19-11-17(5-6-21(19)29)26-20(8-16-4-7-25(22(30)9-16)42(31,39)40)24(10-15-2-3-15)36(34-26)28-33-23(14-41-28)27(37)38/h4-7,9,11-15H,2-3,8,10H2,1H3,(H,37,38)(H2,31,39,40). The number of nitrogens with two attached hydrogens (primary N) is 1. The number of carboxylic acids is 1. The average Bonchev–Trinajstić information content (AvgIpc) is 3.27. The maximum absolute atomic E-state index is 15.0. The summed E-state index contributed by atoms with van der Waals surface area (Å²) in [5.74, 6) is -2.21. The third-order valence-corrected chi connectivity index (χ3v) is 8.86. The summed E-state index contributed by atoms with van der Waals surface area (Å²) in [6.07, 6.45) is 6.04. The van der Waals surface area contributed by atoms with E-state index < -0.39 is 32.5 Å². The van der Waals surface area contributed by atoms with Crippen molar-refractivity contribution in [3.8, 4) is 27.5 Å². The lowest BCUT2D eigenvalue weighted by Crippen LogP contribution is -2.14. The van der Waals surface area contributed by atoms with E-state index in [-0.39, 0.29) is 12.1 Å². The Morgan fingerprint density at radius 1 is 1.14 bits per heavy atom. The Bertz CT molecular complexity index is 1960. The molecule has 3 aromatic heterocycles. The molecular weight excluding hydrogens is 586 g/mol. The molecular formula is C28H24F2N6O4S2. The van der Waals surface area contributed by atoms with Gasteiger partial charge in [0.2, 0.25) is 15.2 Å². The first-order valence-electron chi connectivity index (χ1n) is 12.9. The van der Waals surface area contributed by atoms with E-state index in [1.54, 1.807) is 40.9 Å². The smallest absolute Gasteiger partial charge is 0.355 e. The first-order chi connectivity index (χ1) is 20.0. The molecule has 0 bridgehead atoms. The molecule has 14 heteroatoms. The van der Waals surface area contributed by atoms with Crippen LogP contribution < -0.4 is 5.14 Å². The fourth-order valence-electron chi connectivity index (χ4n) is 4.87. The zero-order valence-electron chi connectivity index (χ0n) is 22.2. The van der Waals surface area contributed by atoms with E-state index in [2.05, 4.69) is 10.1 Å². The molecule has 1 saturated carbocycles. The number of aromatic nitrogens is 5. The van der Waals surface area contributed by atoms with Crippen LogP contribution in [0, 0.1) is 17.6 Å². The van der Waals surface area contributed by atoms with Crippen molar-refractivity contribution in [2.45, 2.75) is 30.6 Å². The van der Waals surface area contributed by atoms with Crippen molar-refractivity contribution in [1.29, 1.82) is 0 Å². The molecule has 10 nitrogen and oxygen atoms in total. The third-order valence-electron chi connectivity index (χ3n) is 7.10. The molecule has 1 fully saturated rings. The first-order valence-corrected chi connectivity index (χ1v) is 15.3. The van der Waals surface area contributed by atoms with Gasteiger partial charge in [-0.15, -0.1) is 11.3 Å². The topological polar surface area (TPSA) is 146 Å². The first kappa shape index (κ1) is 27.9. The molecule has 5 aromatic rings. The van der Waals surface area contributed by atoms with E-state index in [0.717, 1.165) is 42.0 Å². The molecule has 2 aromatic carbocycles. The van der Waals surface area contributed by atoms with Gasteiger partial charge in [0.1, 0.15) is 16.5 Å². The van der Waals surface area contributed by atoms with Gasteiger partial charge < -0.3 is 5.11 Å². The van der Waals surface area contributed by atoms with Crippen molar-refractivity contribution in [1.82, 2.24) is 24.5 Å². The molecule has 0 aliphatic heterocycles. The van der Waals surface area contributed by atoms with E-state index in [9.17, 15) is 27.1 Å². The summed E-state index contributed by atoms with van der Waals surface area (Å²) < 4.78 is 56.5. The predicted octanol–water partition coefficient (Wildman–Crippen LogP) is 4.56. The number of rotatable bonds is 9. The van der Waals surface area contributed by atoms with Crippen LogP contribution in [-0.4, -0.2) is 44.0 Å². The fraction of sp³-hybridized carbons (Fsp3) is 0.214. The molecule has 42 heavy (non-hydrogen) atoms. The largest absolute Gasteiger partial charge is 0.476 e. The Hall–Kier alpha value is -4.27. The molecule has 0 saturated heterocycles. The van der Waals surface area contributed by atoms with Crippen LogP contribution >= 0.6 is 11.3 Å². The van der Waals surface area contributed by atoms with Crippen molar-refractivity contribution in [2.75, 3.05) is 0 Å². The molecule has 0 spiro atoms. The number of hydrogen-bond donors (Lipinski definition) is 2. The second-order valence-electron chi connectivity index (χ2n) is 10.2. The molecule has 3 heterocycles. The monoisotopic (exact) mass is 610 g/mol. The number of hydrogen-bond acceptors (Lipinski definition) is 7. The maximum Gasteiger partial charge on any atom is 0.355 e. The van der Waals surface area contributed by atoms with Gasteiger partial charge >= 0.3 is 5.97 Å². The highest BCUT2D eigenvalue weighted by atomic mass is 32.2. The SMILES string of the molecule is Cn1cc(-c2cc(-c3nn(-c4nc(C(=O)O)cs4)c(CC4CC4)c3Cc3ccc(S(N)(=O)=O)c(F)c3)ccc2F)cn1. The van der Waals surface area contributed by atoms with Crippen LogP contribution in [0.25, 0.3) is 27.5 Å². The van der Waals surface area contributed by atoms with Gasteiger partial charge in [-0.3, -0.25) is 4.68 Å². The number of halogens is 2. The second kappa shape index (κ2) is 10.5. The van der Waals surface area contributed by atoms with Crippen molar-refractivity contribution < 1.29 is 27.1 Å². The molecule has 0 radical (unpaired) electrons. The Morgan fingerprint density at radius 2 is 1.93 bits per heavy atom. The highest BCUT2D eigenvalue weighted by Crippen LogP contribution is 2.39. The van der Waals surface area contributed by atoms with Crippen LogP contribution in [0.5, 0.6) is 0 Å². The molecule has 0 amide bonds. The number of nitrogens with zero attached hydrogens (tertiary/aromatic N) is 5. The van der Waals surface area contributed by atoms with Gasteiger partial charge in [-0.2, -0.15) is 10.2 Å². The third kappa shape index (κ3) is 5.47. The lowest BCUT2D eigenvalue weighted by atomic mass is 9.95. The molecule has 1 aliphatic carbocycles. The van der Waals surface area contributed by atoms with Crippen molar-refractivity contribution >= 4 is 27.3 Å². The van der Waals surface area contributed by atoms with Gasteiger partial charge in [-0.05, 0) is 61.1 Å². The van der Waals surface area contributed by atoms with Gasteiger partial charge in [-0.25, -0.2) is 36.8 Å². The van der Waals surface area contributed by atoms with Crippen LogP contribution in [0.3, 0.4) is 0 Å². The molecule has 216 valence electrons. The number of thiazole rings is 1. The number of sulfonamides is 1. The number of aromatic carboxylic acids is 1. The van der Waals surface area contributed by atoms with Gasteiger partial charge in [0.15, 0.2) is 5.69 Å². The second-order valence-corrected chi connectivity index (χ2v) is 12.6. The van der Waals surface area contributed by atoms with Crippen LogP contribution in [0.1, 0.15) is 40.2 Å². The number of aryl methyl sites for hydroxylation is 1. The van der Waals surface area contributed by atoms with Crippen LogP contribution in [0.4, 0.5) is 8.78 Å². The lowest BCUT2D eigenvalue weighted by Gasteiger charge is -2.10. The zero-order chi connectivity index (χ0) is 29.8. The molecule has 0 atom stereocenters. The number of carboxylic acid groups (broad SMARTS) is 1. The predicted molar refractivity (Wildman–Crippen MR) is 151 cm³/mol. The molecule has 0 unspecified atom stereocenters. The van der Waals surface area contributed by atoms with E-state index in [0.29, 0.717) is 51.0 Å². The summed E-state index contributed by atoms with van der Waals surface area (Å²) in [7, 11) is -2.52. The van der Waals surface area contributed by atoms with Gasteiger partial charge in [0, 0.05) is 47.3 Å². The van der Waals surface area contributed by atoms with Crippen LogP contribution in [-0.2, 0) is 29.9 Å². The summed E-state index contributed by atoms with van der Waals surface area (Å²) >= 11 is 1.13. The summed E-state index contributed by atoms with van der Waals surface area (Å²) in [5, 5.41) is 25.4. The Balaban J connectivity index is 1.54. The summed E-state index contributed by atoms with van der Waals surface area (Å²) in [6.45, 7) is 0. The Kier molecular flexibility index (Phi) is 6.99. The van der Waals surface area contributed by atoms with Crippen LogP contribution in [0.15, 0.2) is 59.1 Å². The molecule has 1 aliphatic rings. The van der Waals surface area contributed by atoms with E-state index in [1.807, 2.05) is 0 Å². The summed E-state index contributed by atoms with van der Waals surface area (Å²) in [6, 6.07) is 8.35. The minimum atomic E-state index is -4.25. The lowest BCUT2D eigenvalue weighted by molar-refractivity contribution is 0.0691. The van der Waals surface area contributed by atoms with Gasteiger partial charge in [0.05, 0.1) is 17.6 Å². The van der Waals surface area contributed by atoms with E-state index >= 15 is 0 Å². The van der Waals surface area contributed by atoms with E-state index in [4.69, 9.17) is 10.2 Å². The zero-order valence-corrected chi connectivity index (χ0v) is 23.8. The number of carbonyl (C=O) groups is 1.